The third-order valence-electron chi connectivity index (χ3n) is 6.40. The van der Waals surface area contributed by atoms with Gasteiger partial charge in [0, 0.05) is 24.0 Å². The maximum absolute atomic E-state index is 14.0. The molecule has 202 valence electrons. The molecule has 39 heavy (non-hydrogen) atoms. The number of hydrogen-bond acceptors (Lipinski definition) is 8. The minimum atomic E-state index is -0.220. The first-order chi connectivity index (χ1) is 18.9. The Morgan fingerprint density at radius 3 is 2.49 bits per heavy atom. The van der Waals surface area contributed by atoms with Crippen LogP contribution in [0.3, 0.4) is 0 Å². The van der Waals surface area contributed by atoms with Crippen molar-refractivity contribution in [3.63, 3.8) is 0 Å². The summed E-state index contributed by atoms with van der Waals surface area (Å²) in [5.74, 6) is 1.25. The van der Waals surface area contributed by atoms with Gasteiger partial charge in [0.25, 0.3) is 5.56 Å². The van der Waals surface area contributed by atoms with Crippen LogP contribution in [0.1, 0.15) is 24.3 Å². The second-order valence-electron chi connectivity index (χ2n) is 8.90. The zero-order chi connectivity index (χ0) is 27.5. The Morgan fingerprint density at radius 1 is 1.10 bits per heavy atom. The molecule has 5 rings (SSSR count). The molecule has 2 amide bonds. The Kier molecular flexibility index (Phi) is 7.89. The highest BCUT2D eigenvalue weighted by Gasteiger charge is 2.26. The fourth-order valence-electron chi connectivity index (χ4n) is 4.48. The molecule has 9 nitrogen and oxygen atoms in total. The minimum absolute atomic E-state index is 0.0106. The first-order valence-electron chi connectivity index (χ1n) is 12.5. The molecule has 0 fully saturated rings. The van der Waals surface area contributed by atoms with E-state index in [0.717, 1.165) is 16.2 Å². The van der Waals surface area contributed by atoms with E-state index in [1.807, 2.05) is 6.92 Å². The molecule has 3 heterocycles. The van der Waals surface area contributed by atoms with Crippen molar-refractivity contribution in [2.24, 2.45) is 0 Å². The van der Waals surface area contributed by atoms with E-state index in [9.17, 15) is 14.4 Å². The van der Waals surface area contributed by atoms with Crippen LogP contribution in [0.5, 0.6) is 11.5 Å². The quantitative estimate of drug-likeness (QED) is 0.249. The van der Waals surface area contributed by atoms with Crippen molar-refractivity contribution in [3.05, 3.63) is 69.3 Å². The first kappa shape index (κ1) is 26.8. The van der Waals surface area contributed by atoms with Crippen LogP contribution in [0.25, 0.3) is 15.9 Å². The minimum Gasteiger partial charge on any atom is -0.497 e. The van der Waals surface area contributed by atoms with Crippen molar-refractivity contribution < 1.29 is 19.1 Å². The number of nitrogens with one attached hydrogen (secondary N) is 1. The summed E-state index contributed by atoms with van der Waals surface area (Å²) in [7, 11) is 1.58. The number of amides is 2. The zero-order valence-corrected chi connectivity index (χ0v) is 23.5. The van der Waals surface area contributed by atoms with Gasteiger partial charge in [-0.1, -0.05) is 11.8 Å². The summed E-state index contributed by atoms with van der Waals surface area (Å²) >= 11 is 2.63. The first-order valence-corrected chi connectivity index (χ1v) is 14.3. The second-order valence-corrected chi connectivity index (χ2v) is 10.9. The van der Waals surface area contributed by atoms with Gasteiger partial charge >= 0.3 is 0 Å². The van der Waals surface area contributed by atoms with Crippen LogP contribution >= 0.6 is 23.1 Å². The molecule has 0 atom stereocenters. The van der Waals surface area contributed by atoms with Crippen LogP contribution < -0.4 is 20.3 Å². The van der Waals surface area contributed by atoms with Crippen molar-refractivity contribution in [2.75, 3.05) is 31.3 Å². The van der Waals surface area contributed by atoms with Gasteiger partial charge in [0.15, 0.2) is 5.16 Å². The van der Waals surface area contributed by atoms with Gasteiger partial charge in [-0.3, -0.25) is 19.0 Å². The van der Waals surface area contributed by atoms with Crippen molar-refractivity contribution >= 4 is 50.8 Å². The van der Waals surface area contributed by atoms with Crippen LogP contribution in [0.15, 0.2) is 58.5 Å². The number of hydrogen-bond donors (Lipinski definition) is 1. The van der Waals surface area contributed by atoms with Crippen LogP contribution in [0.4, 0.5) is 5.69 Å². The summed E-state index contributed by atoms with van der Waals surface area (Å²) in [6.07, 6.45) is 0.603. The lowest BCUT2D eigenvalue weighted by molar-refractivity contribution is -0.129. The number of anilines is 1. The summed E-state index contributed by atoms with van der Waals surface area (Å²) < 4.78 is 12.3. The Bertz CT molecular complexity index is 1580. The number of thiophene rings is 1. The van der Waals surface area contributed by atoms with E-state index >= 15 is 0 Å². The summed E-state index contributed by atoms with van der Waals surface area (Å²) in [4.78, 5) is 47.0. The predicted octanol–water partition coefficient (Wildman–Crippen LogP) is 4.49. The van der Waals surface area contributed by atoms with Gasteiger partial charge in [-0.15, -0.1) is 11.3 Å². The number of fused-ring (bicyclic) bond motifs is 3. The van der Waals surface area contributed by atoms with Crippen molar-refractivity contribution in [1.29, 1.82) is 0 Å². The van der Waals surface area contributed by atoms with Gasteiger partial charge in [0.2, 0.25) is 11.8 Å². The number of ether oxygens (including phenoxy) is 2. The SMILES string of the molecule is CCOc1ccc(NC(=O)CSc2nc3sc4c(c3c(=O)n2-c2ccc(OC)cc2)CCN(C(C)=O)C4)cc1. The highest BCUT2D eigenvalue weighted by molar-refractivity contribution is 7.99. The largest absolute Gasteiger partial charge is 0.497 e. The number of nitrogens with zero attached hydrogens (tertiary/aromatic N) is 3. The molecule has 2 aromatic heterocycles. The molecule has 1 aliphatic heterocycles. The van der Waals surface area contributed by atoms with E-state index in [1.54, 1.807) is 72.0 Å². The lowest BCUT2D eigenvalue weighted by Crippen LogP contribution is -2.34. The number of carbonyl (C=O) groups excluding carboxylic acids is 2. The number of carbonyl (C=O) groups is 2. The van der Waals surface area contributed by atoms with E-state index in [2.05, 4.69) is 5.32 Å². The van der Waals surface area contributed by atoms with E-state index in [0.29, 0.717) is 58.6 Å². The van der Waals surface area contributed by atoms with Gasteiger partial charge in [0.05, 0.1) is 37.1 Å². The van der Waals surface area contributed by atoms with Gasteiger partial charge in [-0.25, -0.2) is 4.98 Å². The van der Waals surface area contributed by atoms with Crippen molar-refractivity contribution in [2.45, 2.75) is 32.0 Å². The van der Waals surface area contributed by atoms with E-state index in [4.69, 9.17) is 14.5 Å². The highest BCUT2D eigenvalue weighted by atomic mass is 32.2. The normalized spacial score (nSPS) is 12.7. The average Bonchev–Trinajstić information content (AvgIpc) is 3.31. The topological polar surface area (TPSA) is 103 Å². The molecule has 1 aliphatic rings. The zero-order valence-electron chi connectivity index (χ0n) is 21.9. The maximum atomic E-state index is 14.0. The molecule has 0 unspecified atom stereocenters. The molecule has 4 aromatic rings. The molecule has 0 aliphatic carbocycles. The van der Waals surface area contributed by atoms with E-state index in [-0.39, 0.29) is 23.1 Å². The molecular weight excluding hydrogens is 536 g/mol. The summed E-state index contributed by atoms with van der Waals surface area (Å²) in [6, 6.07) is 14.3. The van der Waals surface area contributed by atoms with E-state index < -0.39 is 0 Å². The van der Waals surface area contributed by atoms with Crippen LogP contribution in [0, 0.1) is 0 Å². The standard InChI is InChI=1S/C28H28N4O5S2/c1-4-37-21-9-5-18(6-10-21)29-24(34)16-38-28-30-26-25(22-13-14-31(17(2)33)15-23(22)39-26)27(35)32(28)19-7-11-20(36-3)12-8-19/h5-12H,4,13-16H2,1-3H3,(H,29,34). The molecule has 0 radical (unpaired) electrons. The fraction of sp³-hybridized carbons (Fsp3) is 0.286. The fourth-order valence-corrected chi connectivity index (χ4v) is 6.57. The summed E-state index contributed by atoms with van der Waals surface area (Å²) in [5, 5.41) is 3.88. The van der Waals surface area contributed by atoms with Crippen LogP contribution in [0.2, 0.25) is 0 Å². The molecule has 0 spiro atoms. The Hall–Kier alpha value is -3.83. The van der Waals surface area contributed by atoms with Crippen molar-refractivity contribution in [3.8, 4) is 17.2 Å². The number of thioether (sulfide) groups is 1. The highest BCUT2D eigenvalue weighted by Crippen LogP contribution is 2.34. The predicted molar refractivity (Wildman–Crippen MR) is 154 cm³/mol. The molecule has 0 bridgehead atoms. The number of aromatic nitrogens is 2. The number of benzene rings is 2. The summed E-state index contributed by atoms with van der Waals surface area (Å²) in [5.41, 5.74) is 2.05. The Balaban J connectivity index is 1.47. The van der Waals surface area contributed by atoms with Gasteiger partial charge < -0.3 is 19.7 Å². The summed E-state index contributed by atoms with van der Waals surface area (Å²) in [6.45, 7) is 5.08. The van der Waals surface area contributed by atoms with Crippen LogP contribution in [-0.2, 0) is 22.6 Å². The molecule has 0 saturated heterocycles. The van der Waals surface area contributed by atoms with Gasteiger partial charge in [-0.2, -0.15) is 0 Å². The third kappa shape index (κ3) is 5.64. The molecule has 2 aromatic carbocycles. The van der Waals surface area contributed by atoms with Crippen LogP contribution in [-0.4, -0.2) is 52.3 Å². The maximum Gasteiger partial charge on any atom is 0.267 e. The molecular formula is C28H28N4O5S2. The third-order valence-corrected chi connectivity index (χ3v) is 8.45. The lowest BCUT2D eigenvalue weighted by Gasteiger charge is -2.25. The van der Waals surface area contributed by atoms with Gasteiger partial charge in [-0.05, 0) is 67.4 Å². The Morgan fingerprint density at radius 2 is 1.82 bits per heavy atom. The van der Waals surface area contributed by atoms with E-state index in [1.165, 1.54) is 23.1 Å². The second kappa shape index (κ2) is 11.5. The molecule has 0 saturated carbocycles. The molecule has 1 N–H and O–H groups in total. The van der Waals surface area contributed by atoms with Gasteiger partial charge in [0.1, 0.15) is 16.3 Å². The monoisotopic (exact) mass is 564 g/mol. The molecule has 11 heteroatoms. The average molecular weight is 565 g/mol. The van der Waals surface area contributed by atoms with Crippen molar-refractivity contribution in [1.82, 2.24) is 14.5 Å². The smallest absolute Gasteiger partial charge is 0.267 e. The number of methoxy groups -OCH3 is 1. The number of rotatable bonds is 8. The lowest BCUT2D eigenvalue weighted by atomic mass is 10.1. The Labute approximate surface area is 233 Å².